The molecule has 1 N–H and O–H groups in total. The number of amides is 1. The van der Waals surface area contributed by atoms with Crippen LogP contribution >= 0.6 is 0 Å². The predicted molar refractivity (Wildman–Crippen MR) is 76.3 cm³/mol. The standard InChI is InChI=1S/C16H17NO4/c1-20-15-7-4-11(9-14(15)18)16(19)17(12-5-6-12)10-13-3-2-8-21-13/h2-4,7-9,12,18H,5-6,10H2,1H3. The molecule has 0 unspecified atom stereocenters. The number of carbonyl (C=O) groups is 1. The second kappa shape index (κ2) is 5.52. The highest BCUT2D eigenvalue weighted by Gasteiger charge is 2.33. The lowest BCUT2D eigenvalue weighted by Gasteiger charge is -2.21. The lowest BCUT2D eigenvalue weighted by atomic mass is 10.1. The topological polar surface area (TPSA) is 62.9 Å². The molecule has 1 aliphatic rings. The van der Waals surface area contributed by atoms with E-state index in [-0.39, 0.29) is 17.7 Å². The molecule has 0 radical (unpaired) electrons. The Balaban J connectivity index is 1.82. The van der Waals surface area contributed by atoms with Crippen molar-refractivity contribution < 1.29 is 19.1 Å². The van der Waals surface area contributed by atoms with Gasteiger partial charge in [0, 0.05) is 11.6 Å². The number of methoxy groups -OCH3 is 1. The highest BCUT2D eigenvalue weighted by atomic mass is 16.5. The molecule has 5 nitrogen and oxygen atoms in total. The van der Waals surface area contributed by atoms with E-state index in [2.05, 4.69) is 0 Å². The Bertz CT molecular complexity index is 632. The molecule has 1 aliphatic carbocycles. The summed E-state index contributed by atoms with van der Waals surface area (Å²) in [6.07, 6.45) is 3.62. The summed E-state index contributed by atoms with van der Waals surface area (Å²) in [5, 5.41) is 9.82. The van der Waals surface area contributed by atoms with Gasteiger partial charge in [-0.1, -0.05) is 0 Å². The molecule has 5 heteroatoms. The number of phenolic OH excluding ortho intramolecular Hbond substituents is 1. The van der Waals surface area contributed by atoms with Gasteiger partial charge in [-0.25, -0.2) is 0 Å². The third kappa shape index (κ3) is 2.86. The number of benzene rings is 1. The lowest BCUT2D eigenvalue weighted by Crippen LogP contribution is -2.32. The summed E-state index contributed by atoms with van der Waals surface area (Å²) in [4.78, 5) is 14.4. The number of furan rings is 1. The van der Waals surface area contributed by atoms with E-state index in [0.29, 0.717) is 17.9 Å². The van der Waals surface area contributed by atoms with Crippen LogP contribution in [0, 0.1) is 0 Å². The molecule has 0 spiro atoms. The van der Waals surface area contributed by atoms with Gasteiger partial charge in [0.05, 0.1) is 19.9 Å². The monoisotopic (exact) mass is 287 g/mol. The van der Waals surface area contributed by atoms with Gasteiger partial charge in [-0.2, -0.15) is 0 Å². The molecule has 0 bridgehead atoms. The van der Waals surface area contributed by atoms with Crippen LogP contribution in [0.5, 0.6) is 11.5 Å². The van der Waals surface area contributed by atoms with Crippen molar-refractivity contribution in [2.24, 2.45) is 0 Å². The molecule has 0 aliphatic heterocycles. The maximum Gasteiger partial charge on any atom is 0.254 e. The number of rotatable bonds is 5. The first kappa shape index (κ1) is 13.5. The molecular formula is C16H17NO4. The largest absolute Gasteiger partial charge is 0.504 e. The summed E-state index contributed by atoms with van der Waals surface area (Å²) in [6.45, 7) is 0.448. The van der Waals surface area contributed by atoms with Crippen LogP contribution < -0.4 is 4.74 Å². The molecule has 2 aromatic rings. The van der Waals surface area contributed by atoms with Crippen LogP contribution in [0.3, 0.4) is 0 Å². The molecule has 1 amide bonds. The van der Waals surface area contributed by atoms with E-state index in [1.807, 2.05) is 12.1 Å². The number of hydrogen-bond donors (Lipinski definition) is 1. The van der Waals surface area contributed by atoms with E-state index in [1.54, 1.807) is 23.3 Å². The summed E-state index contributed by atoms with van der Waals surface area (Å²) in [5.74, 6) is 0.979. The van der Waals surface area contributed by atoms with E-state index in [1.165, 1.54) is 13.2 Å². The molecule has 1 aromatic carbocycles. The average Bonchev–Trinajstić information content (AvgIpc) is 3.20. The van der Waals surface area contributed by atoms with E-state index >= 15 is 0 Å². The summed E-state index contributed by atoms with van der Waals surface area (Å²) in [5.41, 5.74) is 0.451. The van der Waals surface area contributed by atoms with Crippen molar-refractivity contribution in [3.63, 3.8) is 0 Å². The van der Waals surface area contributed by atoms with Gasteiger partial charge in [0.15, 0.2) is 11.5 Å². The highest BCUT2D eigenvalue weighted by Crippen LogP contribution is 2.32. The predicted octanol–water partition coefficient (Wildman–Crippen LogP) is 2.80. The van der Waals surface area contributed by atoms with E-state index in [4.69, 9.17) is 9.15 Å². The van der Waals surface area contributed by atoms with Crippen molar-refractivity contribution in [2.45, 2.75) is 25.4 Å². The van der Waals surface area contributed by atoms with Crippen molar-refractivity contribution >= 4 is 5.91 Å². The van der Waals surface area contributed by atoms with Gasteiger partial charge in [0.2, 0.25) is 0 Å². The fraction of sp³-hybridized carbons (Fsp3) is 0.312. The molecule has 1 saturated carbocycles. The molecule has 1 fully saturated rings. The zero-order chi connectivity index (χ0) is 14.8. The summed E-state index contributed by atoms with van der Waals surface area (Å²) < 4.78 is 10.3. The van der Waals surface area contributed by atoms with Crippen molar-refractivity contribution in [2.75, 3.05) is 7.11 Å². The van der Waals surface area contributed by atoms with Crippen LogP contribution in [0.4, 0.5) is 0 Å². The number of ether oxygens (including phenoxy) is 1. The Labute approximate surface area is 122 Å². The van der Waals surface area contributed by atoms with Gasteiger partial charge in [0.25, 0.3) is 5.91 Å². The number of aromatic hydroxyl groups is 1. The van der Waals surface area contributed by atoms with Crippen LogP contribution in [0.25, 0.3) is 0 Å². The molecule has 1 heterocycles. The Kier molecular flexibility index (Phi) is 3.56. The van der Waals surface area contributed by atoms with E-state index in [0.717, 1.165) is 18.6 Å². The van der Waals surface area contributed by atoms with Crippen molar-refractivity contribution in [3.8, 4) is 11.5 Å². The van der Waals surface area contributed by atoms with Crippen molar-refractivity contribution in [1.82, 2.24) is 4.90 Å². The Morgan fingerprint density at radius 2 is 2.24 bits per heavy atom. The van der Waals surface area contributed by atoms with Crippen LogP contribution in [-0.4, -0.2) is 29.1 Å². The molecule has 1 aromatic heterocycles. The van der Waals surface area contributed by atoms with Gasteiger partial charge in [-0.3, -0.25) is 4.79 Å². The zero-order valence-corrected chi connectivity index (χ0v) is 11.8. The number of carbonyl (C=O) groups excluding carboxylic acids is 1. The minimum Gasteiger partial charge on any atom is -0.504 e. The average molecular weight is 287 g/mol. The summed E-state index contributed by atoms with van der Waals surface area (Å²) in [6, 6.07) is 8.63. The quantitative estimate of drug-likeness (QED) is 0.918. The van der Waals surface area contributed by atoms with Crippen LogP contribution in [0.1, 0.15) is 29.0 Å². The van der Waals surface area contributed by atoms with Gasteiger partial charge in [-0.05, 0) is 43.2 Å². The fourth-order valence-corrected chi connectivity index (χ4v) is 2.31. The normalized spacial score (nSPS) is 14.0. The third-order valence-electron chi connectivity index (χ3n) is 3.58. The minimum atomic E-state index is -0.105. The first-order valence-corrected chi connectivity index (χ1v) is 6.89. The first-order valence-electron chi connectivity index (χ1n) is 6.89. The summed E-state index contributed by atoms with van der Waals surface area (Å²) >= 11 is 0. The maximum atomic E-state index is 12.6. The van der Waals surface area contributed by atoms with Crippen molar-refractivity contribution in [3.05, 3.63) is 47.9 Å². The van der Waals surface area contributed by atoms with Crippen LogP contribution in [-0.2, 0) is 6.54 Å². The highest BCUT2D eigenvalue weighted by molar-refractivity contribution is 5.95. The molecule has 0 saturated heterocycles. The molecule has 110 valence electrons. The van der Waals surface area contributed by atoms with Crippen molar-refractivity contribution in [1.29, 1.82) is 0 Å². The lowest BCUT2D eigenvalue weighted by molar-refractivity contribution is 0.0717. The Hall–Kier alpha value is -2.43. The van der Waals surface area contributed by atoms with Gasteiger partial charge in [-0.15, -0.1) is 0 Å². The van der Waals surface area contributed by atoms with Crippen LogP contribution in [0.2, 0.25) is 0 Å². The van der Waals surface area contributed by atoms with Gasteiger partial charge in [0.1, 0.15) is 5.76 Å². The molecule has 0 atom stereocenters. The summed E-state index contributed by atoms with van der Waals surface area (Å²) in [7, 11) is 1.48. The van der Waals surface area contributed by atoms with Crippen LogP contribution in [0.15, 0.2) is 41.0 Å². The zero-order valence-electron chi connectivity index (χ0n) is 11.8. The molecule has 21 heavy (non-hydrogen) atoms. The Morgan fingerprint density at radius 3 is 2.81 bits per heavy atom. The van der Waals surface area contributed by atoms with Gasteiger partial charge >= 0.3 is 0 Å². The number of hydrogen-bond acceptors (Lipinski definition) is 4. The number of nitrogens with zero attached hydrogens (tertiary/aromatic N) is 1. The van der Waals surface area contributed by atoms with E-state index in [9.17, 15) is 9.90 Å². The maximum absolute atomic E-state index is 12.6. The molecule has 3 rings (SSSR count). The SMILES string of the molecule is COc1ccc(C(=O)N(Cc2ccco2)C2CC2)cc1O. The Morgan fingerprint density at radius 1 is 1.43 bits per heavy atom. The van der Waals surface area contributed by atoms with E-state index < -0.39 is 0 Å². The van der Waals surface area contributed by atoms with Gasteiger partial charge < -0.3 is 19.2 Å². The number of phenols is 1. The fourth-order valence-electron chi connectivity index (χ4n) is 2.31. The second-order valence-corrected chi connectivity index (χ2v) is 5.13. The second-order valence-electron chi connectivity index (χ2n) is 5.13. The molecular weight excluding hydrogens is 270 g/mol. The first-order chi connectivity index (χ1) is 10.2. The smallest absolute Gasteiger partial charge is 0.254 e. The third-order valence-corrected chi connectivity index (χ3v) is 3.58. The minimum absolute atomic E-state index is 0.0305.